The van der Waals surface area contributed by atoms with Gasteiger partial charge in [0, 0.05) is 25.6 Å². The Labute approximate surface area is 203 Å². The standard InChI is InChI=1S/C24H26N4O5S/c1-32-19-10-8-16(12-20(19)33-2)9-11-21(29)25-24(34)27-26-23(31)18-13-22(30)28(15-18)14-17-6-4-3-5-7-17/h3-12,18H,13-15H2,1-2H3,(H,26,31)(H2,25,27,29,34)/b11-9+. The van der Waals surface area contributed by atoms with Crippen LogP contribution in [0.3, 0.4) is 0 Å². The number of carbonyl (C=O) groups excluding carboxylic acids is 3. The number of thiocarbonyl (C=S) groups is 1. The molecule has 1 aliphatic heterocycles. The molecule has 0 saturated carbocycles. The van der Waals surface area contributed by atoms with Crippen LogP contribution in [0.25, 0.3) is 6.08 Å². The fraction of sp³-hybridized carbons (Fsp3) is 0.250. The summed E-state index contributed by atoms with van der Waals surface area (Å²) in [5.41, 5.74) is 6.69. The Bertz CT molecular complexity index is 1090. The molecule has 3 rings (SSSR count). The number of carbonyl (C=O) groups is 3. The van der Waals surface area contributed by atoms with E-state index in [1.807, 2.05) is 30.3 Å². The highest BCUT2D eigenvalue weighted by Crippen LogP contribution is 2.28. The molecular formula is C24H26N4O5S. The number of hydrogen-bond donors (Lipinski definition) is 3. The first kappa shape index (κ1) is 24.7. The van der Waals surface area contributed by atoms with Crippen LogP contribution in [0.15, 0.2) is 54.6 Å². The van der Waals surface area contributed by atoms with Crippen LogP contribution in [0.5, 0.6) is 11.5 Å². The summed E-state index contributed by atoms with van der Waals surface area (Å²) < 4.78 is 10.4. The fourth-order valence-electron chi connectivity index (χ4n) is 3.44. The maximum Gasteiger partial charge on any atom is 0.250 e. The second-order valence-corrected chi connectivity index (χ2v) is 7.95. The van der Waals surface area contributed by atoms with E-state index in [0.29, 0.717) is 24.6 Å². The SMILES string of the molecule is COc1ccc(/C=C/C(=O)NC(=S)NNC(=O)C2CC(=O)N(Cc3ccccc3)C2)cc1OC. The van der Waals surface area contributed by atoms with Crippen molar-refractivity contribution < 1.29 is 23.9 Å². The minimum atomic E-state index is -0.507. The van der Waals surface area contributed by atoms with Gasteiger partial charge >= 0.3 is 0 Å². The van der Waals surface area contributed by atoms with Crippen LogP contribution in [-0.2, 0) is 20.9 Å². The molecule has 1 heterocycles. The zero-order chi connectivity index (χ0) is 24.5. The van der Waals surface area contributed by atoms with E-state index in [9.17, 15) is 14.4 Å². The molecule has 0 aromatic heterocycles. The van der Waals surface area contributed by atoms with Gasteiger partial charge in [-0.05, 0) is 41.6 Å². The molecule has 34 heavy (non-hydrogen) atoms. The lowest BCUT2D eigenvalue weighted by atomic mass is 10.1. The van der Waals surface area contributed by atoms with Crippen LogP contribution in [0.4, 0.5) is 0 Å². The monoisotopic (exact) mass is 482 g/mol. The first-order valence-electron chi connectivity index (χ1n) is 10.5. The Morgan fingerprint density at radius 2 is 1.82 bits per heavy atom. The average Bonchev–Trinajstić information content (AvgIpc) is 3.21. The second-order valence-electron chi connectivity index (χ2n) is 7.54. The van der Waals surface area contributed by atoms with Gasteiger partial charge in [-0.2, -0.15) is 0 Å². The van der Waals surface area contributed by atoms with E-state index in [0.717, 1.165) is 11.1 Å². The lowest BCUT2D eigenvalue weighted by molar-refractivity contribution is -0.129. The number of methoxy groups -OCH3 is 2. The van der Waals surface area contributed by atoms with Gasteiger partial charge in [-0.3, -0.25) is 30.6 Å². The topological polar surface area (TPSA) is 109 Å². The van der Waals surface area contributed by atoms with Crippen molar-refractivity contribution in [2.45, 2.75) is 13.0 Å². The van der Waals surface area contributed by atoms with Gasteiger partial charge in [-0.15, -0.1) is 0 Å². The van der Waals surface area contributed by atoms with Crippen LogP contribution in [-0.4, -0.2) is 48.5 Å². The number of nitrogens with zero attached hydrogens (tertiary/aromatic N) is 1. The van der Waals surface area contributed by atoms with Crippen molar-refractivity contribution in [1.82, 2.24) is 21.1 Å². The third-order valence-corrected chi connectivity index (χ3v) is 5.38. The first-order valence-corrected chi connectivity index (χ1v) is 10.9. The smallest absolute Gasteiger partial charge is 0.250 e. The van der Waals surface area contributed by atoms with Crippen molar-refractivity contribution in [3.8, 4) is 11.5 Å². The highest BCUT2D eigenvalue weighted by atomic mass is 32.1. The van der Waals surface area contributed by atoms with Gasteiger partial charge < -0.3 is 14.4 Å². The van der Waals surface area contributed by atoms with E-state index in [1.54, 1.807) is 36.3 Å². The Morgan fingerprint density at radius 3 is 2.53 bits per heavy atom. The average molecular weight is 483 g/mol. The number of amides is 3. The van der Waals surface area contributed by atoms with Gasteiger partial charge in [0.1, 0.15) is 0 Å². The van der Waals surface area contributed by atoms with Crippen molar-refractivity contribution in [2.75, 3.05) is 20.8 Å². The third-order valence-electron chi connectivity index (χ3n) is 5.17. The maximum atomic E-state index is 12.4. The maximum absolute atomic E-state index is 12.4. The number of hydrogen-bond acceptors (Lipinski definition) is 6. The summed E-state index contributed by atoms with van der Waals surface area (Å²) in [5, 5.41) is 2.38. The molecule has 1 saturated heterocycles. The second kappa shape index (κ2) is 11.8. The van der Waals surface area contributed by atoms with Gasteiger partial charge in [0.25, 0.3) is 0 Å². The summed E-state index contributed by atoms with van der Waals surface area (Å²) in [4.78, 5) is 38.5. The van der Waals surface area contributed by atoms with E-state index in [1.165, 1.54) is 13.2 Å². The molecule has 3 amide bonds. The van der Waals surface area contributed by atoms with Gasteiger partial charge in [0.2, 0.25) is 17.7 Å². The molecule has 3 N–H and O–H groups in total. The molecule has 1 unspecified atom stereocenters. The molecule has 1 atom stereocenters. The van der Waals surface area contributed by atoms with Crippen molar-refractivity contribution in [1.29, 1.82) is 0 Å². The van der Waals surface area contributed by atoms with E-state index in [-0.39, 0.29) is 23.3 Å². The number of nitrogens with one attached hydrogen (secondary N) is 3. The van der Waals surface area contributed by atoms with Crippen molar-refractivity contribution in [3.63, 3.8) is 0 Å². The predicted octanol–water partition coefficient (Wildman–Crippen LogP) is 1.79. The number of ether oxygens (including phenoxy) is 2. The number of hydrazine groups is 1. The minimum Gasteiger partial charge on any atom is -0.493 e. The fourth-order valence-corrected chi connectivity index (χ4v) is 3.59. The molecular weight excluding hydrogens is 456 g/mol. The van der Waals surface area contributed by atoms with Gasteiger partial charge in [-0.1, -0.05) is 36.4 Å². The van der Waals surface area contributed by atoms with Gasteiger partial charge in [-0.25, -0.2) is 0 Å². The summed E-state index contributed by atoms with van der Waals surface area (Å²) in [7, 11) is 3.07. The number of rotatable bonds is 7. The predicted molar refractivity (Wildman–Crippen MR) is 131 cm³/mol. The van der Waals surface area contributed by atoms with Gasteiger partial charge in [0.15, 0.2) is 16.6 Å². The Kier molecular flexibility index (Phi) is 8.58. The van der Waals surface area contributed by atoms with Gasteiger partial charge in [0.05, 0.1) is 20.1 Å². The molecule has 0 bridgehead atoms. The van der Waals surface area contributed by atoms with E-state index in [2.05, 4.69) is 16.2 Å². The van der Waals surface area contributed by atoms with Crippen LogP contribution in [0.1, 0.15) is 17.5 Å². The summed E-state index contributed by atoms with van der Waals surface area (Å²) in [6.07, 6.45) is 3.01. The highest BCUT2D eigenvalue weighted by molar-refractivity contribution is 7.80. The van der Waals surface area contributed by atoms with Crippen molar-refractivity contribution in [3.05, 3.63) is 65.7 Å². The molecule has 178 valence electrons. The van der Waals surface area contributed by atoms with E-state index < -0.39 is 11.8 Å². The zero-order valence-corrected chi connectivity index (χ0v) is 19.7. The molecule has 1 aliphatic rings. The number of benzene rings is 2. The summed E-state index contributed by atoms with van der Waals surface area (Å²) in [6.45, 7) is 0.770. The van der Waals surface area contributed by atoms with Crippen LogP contribution in [0, 0.1) is 5.92 Å². The minimum absolute atomic E-state index is 0.0687. The molecule has 10 heteroatoms. The molecule has 0 radical (unpaired) electrons. The normalized spacial score (nSPS) is 15.2. The van der Waals surface area contributed by atoms with Crippen LogP contribution in [0.2, 0.25) is 0 Å². The lowest BCUT2D eigenvalue weighted by Gasteiger charge is -2.17. The van der Waals surface area contributed by atoms with Crippen molar-refractivity contribution in [2.24, 2.45) is 5.92 Å². The third kappa shape index (κ3) is 6.79. The van der Waals surface area contributed by atoms with Crippen molar-refractivity contribution >= 4 is 41.1 Å². The van der Waals surface area contributed by atoms with Crippen LogP contribution < -0.4 is 25.6 Å². The Balaban J connectivity index is 1.43. The first-order chi connectivity index (χ1) is 16.4. The molecule has 2 aromatic rings. The summed E-state index contributed by atoms with van der Waals surface area (Å²) >= 11 is 5.05. The van der Waals surface area contributed by atoms with E-state index >= 15 is 0 Å². The largest absolute Gasteiger partial charge is 0.493 e. The molecule has 0 spiro atoms. The molecule has 9 nitrogen and oxygen atoms in total. The molecule has 0 aliphatic carbocycles. The quantitative estimate of drug-likeness (QED) is 0.314. The number of likely N-dealkylation sites (tertiary alicyclic amines) is 1. The zero-order valence-electron chi connectivity index (χ0n) is 18.9. The Morgan fingerprint density at radius 1 is 1.09 bits per heavy atom. The molecule has 2 aromatic carbocycles. The summed E-state index contributed by atoms with van der Waals surface area (Å²) in [6, 6.07) is 14.8. The highest BCUT2D eigenvalue weighted by Gasteiger charge is 2.34. The molecule has 1 fully saturated rings. The lowest BCUT2D eigenvalue weighted by Crippen LogP contribution is -2.50. The van der Waals surface area contributed by atoms with E-state index in [4.69, 9.17) is 21.7 Å². The summed E-state index contributed by atoms with van der Waals surface area (Å²) in [5.74, 6) is -0.324. The van der Waals surface area contributed by atoms with Crippen LogP contribution >= 0.6 is 12.2 Å². The Hall–Kier alpha value is -3.92.